The molecule has 2 amide bonds. The maximum atomic E-state index is 12.5. The van der Waals surface area contributed by atoms with E-state index >= 15 is 0 Å². The maximum Gasteiger partial charge on any atom is 0.257 e. The molecule has 0 bridgehead atoms. The molecule has 0 aliphatic heterocycles. The van der Waals surface area contributed by atoms with E-state index < -0.39 is 0 Å². The molecule has 0 aliphatic rings. The first-order valence-corrected chi connectivity index (χ1v) is 8.32. The standard InChI is InChI=1S/C21H20N2O3/c1-15(23(2)21(25)18-11-12-26-14-18)17-9-6-10-19(13-17)22-20(24)16-7-4-3-5-8-16/h3-15H,1-2H3,(H,22,24)/t15-/m1/s1. The predicted octanol–water partition coefficient (Wildman–Crippen LogP) is 4.37. The van der Waals surface area contributed by atoms with Gasteiger partial charge in [0.05, 0.1) is 17.9 Å². The number of amides is 2. The zero-order valence-electron chi connectivity index (χ0n) is 14.7. The van der Waals surface area contributed by atoms with Crippen molar-refractivity contribution in [1.29, 1.82) is 0 Å². The van der Waals surface area contributed by atoms with Crippen LogP contribution in [0.3, 0.4) is 0 Å². The van der Waals surface area contributed by atoms with Crippen LogP contribution in [0.5, 0.6) is 0 Å². The van der Waals surface area contributed by atoms with Crippen LogP contribution >= 0.6 is 0 Å². The molecule has 0 saturated carbocycles. The van der Waals surface area contributed by atoms with Crippen molar-refractivity contribution in [3.8, 4) is 0 Å². The lowest BCUT2D eigenvalue weighted by Gasteiger charge is -2.25. The van der Waals surface area contributed by atoms with Gasteiger partial charge in [-0.05, 0) is 42.8 Å². The summed E-state index contributed by atoms with van der Waals surface area (Å²) in [5, 5.41) is 2.89. The van der Waals surface area contributed by atoms with Gasteiger partial charge in [-0.2, -0.15) is 0 Å². The lowest BCUT2D eigenvalue weighted by molar-refractivity contribution is 0.0741. The molecule has 1 N–H and O–H groups in total. The molecular weight excluding hydrogens is 328 g/mol. The second-order valence-corrected chi connectivity index (χ2v) is 6.05. The van der Waals surface area contributed by atoms with Gasteiger partial charge in [0.15, 0.2) is 0 Å². The molecular formula is C21H20N2O3. The van der Waals surface area contributed by atoms with E-state index in [1.54, 1.807) is 30.1 Å². The number of nitrogens with zero attached hydrogens (tertiary/aromatic N) is 1. The molecule has 0 saturated heterocycles. The number of anilines is 1. The first-order chi connectivity index (χ1) is 12.6. The lowest BCUT2D eigenvalue weighted by atomic mass is 10.1. The Balaban J connectivity index is 1.74. The molecule has 3 rings (SSSR count). The van der Waals surface area contributed by atoms with Crippen LogP contribution in [0, 0.1) is 0 Å². The number of carbonyl (C=O) groups excluding carboxylic acids is 2. The summed E-state index contributed by atoms with van der Waals surface area (Å²) < 4.78 is 4.98. The van der Waals surface area contributed by atoms with Gasteiger partial charge in [0.25, 0.3) is 11.8 Å². The molecule has 0 radical (unpaired) electrons. The molecule has 1 aromatic heterocycles. The van der Waals surface area contributed by atoms with Crippen LogP contribution in [-0.4, -0.2) is 23.8 Å². The van der Waals surface area contributed by atoms with Crippen LogP contribution in [0.1, 0.15) is 39.2 Å². The van der Waals surface area contributed by atoms with Gasteiger partial charge in [-0.15, -0.1) is 0 Å². The fourth-order valence-corrected chi connectivity index (χ4v) is 2.66. The van der Waals surface area contributed by atoms with Crippen molar-refractivity contribution < 1.29 is 14.0 Å². The summed E-state index contributed by atoms with van der Waals surface area (Å²) in [5.41, 5.74) is 2.72. The Labute approximate surface area is 152 Å². The summed E-state index contributed by atoms with van der Waals surface area (Å²) in [7, 11) is 1.75. The fraction of sp³-hybridized carbons (Fsp3) is 0.143. The summed E-state index contributed by atoms with van der Waals surface area (Å²) in [6.45, 7) is 1.94. The van der Waals surface area contributed by atoms with Crippen molar-refractivity contribution in [3.63, 3.8) is 0 Å². The van der Waals surface area contributed by atoms with Gasteiger partial charge < -0.3 is 14.6 Å². The Bertz CT molecular complexity index is 889. The summed E-state index contributed by atoms with van der Waals surface area (Å²) in [5.74, 6) is -0.289. The van der Waals surface area contributed by atoms with Gasteiger partial charge >= 0.3 is 0 Å². The van der Waals surface area contributed by atoms with Crippen molar-refractivity contribution in [1.82, 2.24) is 4.90 Å². The summed E-state index contributed by atoms with van der Waals surface area (Å²) >= 11 is 0. The van der Waals surface area contributed by atoms with Gasteiger partial charge in [-0.1, -0.05) is 30.3 Å². The van der Waals surface area contributed by atoms with Crippen LogP contribution in [0.4, 0.5) is 5.69 Å². The van der Waals surface area contributed by atoms with E-state index in [-0.39, 0.29) is 17.9 Å². The fourth-order valence-electron chi connectivity index (χ4n) is 2.66. The molecule has 0 unspecified atom stereocenters. The van der Waals surface area contributed by atoms with Gasteiger partial charge in [0.1, 0.15) is 6.26 Å². The molecule has 5 nitrogen and oxygen atoms in total. The smallest absolute Gasteiger partial charge is 0.257 e. The van der Waals surface area contributed by atoms with E-state index in [9.17, 15) is 9.59 Å². The second kappa shape index (κ2) is 7.70. The topological polar surface area (TPSA) is 62.6 Å². The van der Waals surface area contributed by atoms with Gasteiger partial charge in [-0.3, -0.25) is 9.59 Å². The van der Waals surface area contributed by atoms with Crippen molar-refractivity contribution >= 4 is 17.5 Å². The van der Waals surface area contributed by atoms with Crippen molar-refractivity contribution in [2.75, 3.05) is 12.4 Å². The molecule has 1 atom stereocenters. The maximum absolute atomic E-state index is 12.5. The third-order valence-corrected chi connectivity index (χ3v) is 4.33. The highest BCUT2D eigenvalue weighted by molar-refractivity contribution is 6.04. The Morgan fingerprint density at radius 3 is 2.46 bits per heavy atom. The van der Waals surface area contributed by atoms with E-state index in [0.29, 0.717) is 16.8 Å². The minimum atomic E-state index is -0.168. The summed E-state index contributed by atoms with van der Waals surface area (Å²) in [6, 6.07) is 18.0. The normalized spacial score (nSPS) is 11.6. The third kappa shape index (κ3) is 3.83. The molecule has 0 aliphatic carbocycles. The Kier molecular flexibility index (Phi) is 5.17. The number of hydrogen-bond donors (Lipinski definition) is 1. The number of benzene rings is 2. The largest absolute Gasteiger partial charge is 0.472 e. The zero-order valence-corrected chi connectivity index (χ0v) is 14.7. The Morgan fingerprint density at radius 2 is 1.77 bits per heavy atom. The molecule has 132 valence electrons. The van der Waals surface area contributed by atoms with E-state index in [4.69, 9.17) is 4.42 Å². The number of hydrogen-bond acceptors (Lipinski definition) is 3. The van der Waals surface area contributed by atoms with Crippen LogP contribution in [0.2, 0.25) is 0 Å². The SMILES string of the molecule is C[C@H](c1cccc(NC(=O)c2ccccc2)c1)N(C)C(=O)c1ccoc1. The zero-order chi connectivity index (χ0) is 18.5. The molecule has 0 spiro atoms. The molecule has 26 heavy (non-hydrogen) atoms. The minimum Gasteiger partial charge on any atom is -0.472 e. The number of rotatable bonds is 5. The highest BCUT2D eigenvalue weighted by Crippen LogP contribution is 2.24. The van der Waals surface area contributed by atoms with E-state index in [1.807, 2.05) is 49.4 Å². The highest BCUT2D eigenvalue weighted by atomic mass is 16.3. The van der Waals surface area contributed by atoms with Gasteiger partial charge in [0.2, 0.25) is 0 Å². The minimum absolute atomic E-state index is 0.120. The number of furan rings is 1. The quantitative estimate of drug-likeness (QED) is 0.745. The molecule has 1 heterocycles. The molecule has 2 aromatic carbocycles. The lowest BCUT2D eigenvalue weighted by Crippen LogP contribution is -2.29. The Hall–Kier alpha value is -3.34. The van der Waals surface area contributed by atoms with Crippen LogP contribution in [0.15, 0.2) is 77.6 Å². The molecule has 3 aromatic rings. The van der Waals surface area contributed by atoms with Gasteiger partial charge in [0, 0.05) is 18.3 Å². The van der Waals surface area contributed by atoms with Crippen LogP contribution in [-0.2, 0) is 0 Å². The van der Waals surface area contributed by atoms with E-state index in [0.717, 1.165) is 5.56 Å². The first kappa shape index (κ1) is 17.5. The van der Waals surface area contributed by atoms with Gasteiger partial charge in [-0.25, -0.2) is 0 Å². The third-order valence-electron chi connectivity index (χ3n) is 4.33. The average molecular weight is 348 g/mol. The van der Waals surface area contributed by atoms with E-state index in [2.05, 4.69) is 5.32 Å². The average Bonchev–Trinajstić information content (AvgIpc) is 3.22. The first-order valence-electron chi connectivity index (χ1n) is 8.32. The number of carbonyl (C=O) groups is 2. The monoisotopic (exact) mass is 348 g/mol. The highest BCUT2D eigenvalue weighted by Gasteiger charge is 2.20. The van der Waals surface area contributed by atoms with Crippen LogP contribution < -0.4 is 5.32 Å². The van der Waals surface area contributed by atoms with E-state index in [1.165, 1.54) is 12.5 Å². The predicted molar refractivity (Wildman–Crippen MR) is 100 cm³/mol. The summed E-state index contributed by atoms with van der Waals surface area (Å²) in [6.07, 6.45) is 2.91. The number of nitrogens with one attached hydrogen (secondary N) is 1. The summed E-state index contributed by atoms with van der Waals surface area (Å²) in [4.78, 5) is 26.4. The molecule has 5 heteroatoms. The van der Waals surface area contributed by atoms with Crippen molar-refractivity contribution in [2.24, 2.45) is 0 Å². The van der Waals surface area contributed by atoms with Crippen LogP contribution in [0.25, 0.3) is 0 Å². The van der Waals surface area contributed by atoms with Crippen molar-refractivity contribution in [2.45, 2.75) is 13.0 Å². The second-order valence-electron chi connectivity index (χ2n) is 6.05. The Morgan fingerprint density at radius 1 is 1.00 bits per heavy atom. The molecule has 0 fully saturated rings. The van der Waals surface area contributed by atoms with Crippen molar-refractivity contribution in [3.05, 3.63) is 89.9 Å².